The highest BCUT2D eigenvalue weighted by Gasteiger charge is 2.31. The van der Waals surface area contributed by atoms with Gasteiger partial charge in [-0.15, -0.1) is 0 Å². The van der Waals surface area contributed by atoms with Crippen molar-refractivity contribution in [1.82, 2.24) is 4.90 Å². The highest BCUT2D eigenvalue weighted by molar-refractivity contribution is 5.62. The quantitative estimate of drug-likeness (QED) is 0.814. The molecule has 28 heavy (non-hydrogen) atoms. The Balaban J connectivity index is 1.49. The van der Waals surface area contributed by atoms with Crippen molar-refractivity contribution in [1.29, 1.82) is 0 Å². The molecule has 0 N–H and O–H groups in total. The number of fused-ring (bicyclic) bond motifs is 1. The molecule has 2 aromatic carbocycles. The third kappa shape index (κ3) is 4.20. The number of nitrogens with zero attached hydrogens (tertiary/aromatic N) is 1. The summed E-state index contributed by atoms with van der Waals surface area (Å²) in [4.78, 5) is 12.6. The Morgan fingerprint density at radius 2 is 1.86 bits per heavy atom. The minimum absolute atomic E-state index is 0.0360. The second-order valence-corrected chi connectivity index (χ2v) is 7.82. The van der Waals surface area contributed by atoms with Crippen molar-refractivity contribution in [3.05, 3.63) is 70.5 Å². The van der Waals surface area contributed by atoms with Gasteiger partial charge in [0.2, 0.25) is 0 Å². The molecule has 0 aromatic heterocycles. The molecule has 5 heteroatoms. The zero-order chi connectivity index (χ0) is 19.5. The van der Waals surface area contributed by atoms with Gasteiger partial charge in [0.05, 0.1) is 12.7 Å². The van der Waals surface area contributed by atoms with Crippen LogP contribution in [-0.2, 0) is 24.2 Å². The number of piperidine rings is 1. The summed E-state index contributed by atoms with van der Waals surface area (Å²) in [6.45, 7) is 1.12. The molecule has 1 amide bonds. The molecule has 0 radical (unpaired) electrons. The predicted octanol–water partition coefficient (Wildman–Crippen LogP) is 3.42. The Labute approximate surface area is 164 Å². The molecule has 4 nitrogen and oxygen atoms in total. The largest absolute Gasteiger partial charge is 0.530 e. The molecule has 1 saturated heterocycles. The van der Waals surface area contributed by atoms with Crippen LogP contribution in [0.4, 0.5) is 9.18 Å². The summed E-state index contributed by atoms with van der Waals surface area (Å²) >= 11 is 0. The summed E-state index contributed by atoms with van der Waals surface area (Å²) in [6, 6.07) is 13.0. The summed E-state index contributed by atoms with van der Waals surface area (Å²) in [6.07, 6.45) is 3.92. The van der Waals surface area contributed by atoms with Gasteiger partial charge in [0.15, 0.2) is 0 Å². The van der Waals surface area contributed by atoms with Crippen LogP contribution in [0.1, 0.15) is 47.4 Å². The lowest BCUT2D eigenvalue weighted by Gasteiger charge is -2.40. The summed E-state index contributed by atoms with van der Waals surface area (Å²) in [5.74, 6) is -0.240. The zero-order valence-electron chi connectivity index (χ0n) is 15.9. The molecule has 2 unspecified atom stereocenters. The van der Waals surface area contributed by atoms with Crippen LogP contribution in [0, 0.1) is 5.82 Å². The first-order valence-corrected chi connectivity index (χ1v) is 10.0. The second kappa shape index (κ2) is 8.31. The van der Waals surface area contributed by atoms with Crippen LogP contribution in [0.3, 0.4) is 0 Å². The third-order valence-corrected chi connectivity index (χ3v) is 5.99. The standard InChI is InChI=1S/C23H26FNO3/c24-20-9-7-18(8-10-20)21-11-12-25(23(26)27)14-22(21)28-15-16-5-6-17-3-1-2-4-19(17)13-16/h5-10,13,21-22H,1-4,11-12,14-15H2,(H,26,27)/p-1. The van der Waals surface area contributed by atoms with Gasteiger partial charge in [-0.25, -0.2) is 4.39 Å². The van der Waals surface area contributed by atoms with E-state index in [0.29, 0.717) is 19.6 Å². The molecule has 0 saturated carbocycles. The van der Waals surface area contributed by atoms with Crippen LogP contribution in [0.2, 0.25) is 0 Å². The molecule has 4 rings (SSSR count). The lowest BCUT2D eigenvalue weighted by atomic mass is 9.87. The van der Waals surface area contributed by atoms with Gasteiger partial charge in [-0.3, -0.25) is 0 Å². The summed E-state index contributed by atoms with van der Waals surface area (Å²) in [7, 11) is 0. The number of rotatable bonds is 4. The van der Waals surface area contributed by atoms with Crippen molar-refractivity contribution in [3.8, 4) is 0 Å². The van der Waals surface area contributed by atoms with Crippen LogP contribution >= 0.6 is 0 Å². The average molecular weight is 382 g/mol. The minimum atomic E-state index is -1.17. The molecule has 2 aromatic rings. The molecule has 1 fully saturated rings. The molecule has 2 aliphatic rings. The van der Waals surface area contributed by atoms with Crippen LogP contribution < -0.4 is 5.11 Å². The van der Waals surface area contributed by atoms with E-state index in [0.717, 1.165) is 24.0 Å². The van der Waals surface area contributed by atoms with E-state index >= 15 is 0 Å². The summed E-state index contributed by atoms with van der Waals surface area (Å²) < 4.78 is 19.5. The maximum Gasteiger partial charge on any atom is 0.137 e. The second-order valence-electron chi connectivity index (χ2n) is 7.82. The first-order valence-electron chi connectivity index (χ1n) is 10.0. The van der Waals surface area contributed by atoms with Crippen molar-refractivity contribution in [2.24, 2.45) is 0 Å². The maximum atomic E-state index is 13.3. The zero-order valence-corrected chi connectivity index (χ0v) is 15.9. The first-order chi connectivity index (χ1) is 13.6. The van der Waals surface area contributed by atoms with E-state index in [4.69, 9.17) is 4.74 Å². The van der Waals surface area contributed by atoms with Gasteiger partial charge in [-0.05, 0) is 66.5 Å². The highest BCUT2D eigenvalue weighted by Crippen LogP contribution is 2.31. The monoisotopic (exact) mass is 382 g/mol. The Kier molecular flexibility index (Phi) is 5.62. The normalized spacial score (nSPS) is 22.0. The van der Waals surface area contributed by atoms with E-state index in [1.54, 1.807) is 12.1 Å². The van der Waals surface area contributed by atoms with Crippen molar-refractivity contribution in [3.63, 3.8) is 0 Å². The lowest BCUT2D eigenvalue weighted by molar-refractivity contribution is -0.268. The fourth-order valence-corrected chi connectivity index (χ4v) is 4.42. The summed E-state index contributed by atoms with van der Waals surface area (Å²) in [5.41, 5.74) is 4.93. The minimum Gasteiger partial charge on any atom is -0.530 e. The molecular weight excluding hydrogens is 357 g/mol. The number of hydrogen-bond donors (Lipinski definition) is 0. The van der Waals surface area contributed by atoms with E-state index in [1.165, 1.54) is 41.0 Å². The Morgan fingerprint density at radius 3 is 2.61 bits per heavy atom. The van der Waals surface area contributed by atoms with E-state index in [9.17, 15) is 14.3 Å². The van der Waals surface area contributed by atoms with Gasteiger partial charge in [0, 0.05) is 19.0 Å². The van der Waals surface area contributed by atoms with E-state index in [-0.39, 0.29) is 24.4 Å². The van der Waals surface area contributed by atoms with Crippen molar-refractivity contribution < 1.29 is 19.0 Å². The number of halogens is 1. The van der Waals surface area contributed by atoms with E-state index < -0.39 is 6.09 Å². The molecule has 1 aliphatic heterocycles. The van der Waals surface area contributed by atoms with Gasteiger partial charge in [0.25, 0.3) is 0 Å². The van der Waals surface area contributed by atoms with Gasteiger partial charge in [-0.1, -0.05) is 30.3 Å². The first kappa shape index (κ1) is 18.9. The number of benzene rings is 2. The number of likely N-dealkylation sites (tertiary alicyclic amines) is 1. The number of carbonyl (C=O) groups excluding carboxylic acids is 1. The Hall–Kier alpha value is -2.40. The van der Waals surface area contributed by atoms with Crippen LogP contribution in [0.5, 0.6) is 0 Å². The van der Waals surface area contributed by atoms with Crippen molar-refractivity contribution in [2.75, 3.05) is 13.1 Å². The molecule has 148 valence electrons. The van der Waals surface area contributed by atoms with E-state index in [1.807, 2.05) is 0 Å². The number of aryl methyl sites for hydroxylation is 2. The SMILES string of the molecule is O=C([O-])N1CCC(c2ccc(F)cc2)C(OCc2ccc3c(c2)CCCC3)C1. The fraction of sp³-hybridized carbons (Fsp3) is 0.435. The van der Waals surface area contributed by atoms with Crippen LogP contribution in [-0.4, -0.2) is 30.2 Å². The fourth-order valence-electron chi connectivity index (χ4n) is 4.42. The highest BCUT2D eigenvalue weighted by atomic mass is 19.1. The van der Waals surface area contributed by atoms with Gasteiger partial charge < -0.3 is 19.5 Å². The summed E-state index contributed by atoms with van der Waals surface area (Å²) in [5, 5.41) is 11.3. The maximum absolute atomic E-state index is 13.3. The Bertz CT molecular complexity index is 836. The lowest BCUT2D eigenvalue weighted by Crippen LogP contribution is -2.51. The molecule has 0 spiro atoms. The number of ether oxygens (including phenoxy) is 1. The number of hydrogen-bond acceptors (Lipinski definition) is 3. The third-order valence-electron chi connectivity index (χ3n) is 5.99. The van der Waals surface area contributed by atoms with Crippen LogP contribution in [0.25, 0.3) is 0 Å². The topological polar surface area (TPSA) is 52.6 Å². The smallest absolute Gasteiger partial charge is 0.137 e. The average Bonchev–Trinajstić information content (AvgIpc) is 2.72. The van der Waals surface area contributed by atoms with Gasteiger partial charge in [-0.2, -0.15) is 0 Å². The number of carboxylic acid groups (broad SMARTS) is 1. The van der Waals surface area contributed by atoms with Gasteiger partial charge in [0.1, 0.15) is 11.9 Å². The van der Waals surface area contributed by atoms with Crippen LogP contribution in [0.15, 0.2) is 42.5 Å². The molecule has 0 bridgehead atoms. The molecular formula is C23H25FNO3-. The van der Waals surface area contributed by atoms with Gasteiger partial charge >= 0.3 is 0 Å². The molecule has 2 atom stereocenters. The van der Waals surface area contributed by atoms with Crippen molar-refractivity contribution >= 4 is 6.09 Å². The van der Waals surface area contributed by atoms with Crippen molar-refractivity contribution in [2.45, 2.75) is 50.7 Å². The molecule has 1 aliphatic carbocycles. The predicted molar refractivity (Wildman–Crippen MR) is 102 cm³/mol. The number of carbonyl (C=O) groups is 1. The molecule has 1 heterocycles. The number of amides is 1. The Morgan fingerprint density at radius 1 is 1.11 bits per heavy atom. The van der Waals surface area contributed by atoms with E-state index in [2.05, 4.69) is 18.2 Å².